The third kappa shape index (κ3) is 1.49. The molecule has 1 aromatic heterocycles. The summed E-state index contributed by atoms with van der Waals surface area (Å²) in [4.78, 5) is 14.4. The van der Waals surface area contributed by atoms with Crippen LogP contribution < -0.4 is 0 Å². The predicted octanol–water partition coefficient (Wildman–Crippen LogP) is 1.67. The van der Waals surface area contributed by atoms with Crippen molar-refractivity contribution in [1.82, 2.24) is 10.1 Å². The summed E-state index contributed by atoms with van der Waals surface area (Å²) in [6.45, 7) is 2.13. The van der Waals surface area contributed by atoms with Crippen molar-refractivity contribution in [2.24, 2.45) is 5.92 Å². The first-order valence-corrected chi connectivity index (χ1v) is 4.75. The summed E-state index contributed by atoms with van der Waals surface area (Å²) in [5.74, 6) is -0.123. The van der Waals surface area contributed by atoms with E-state index in [-0.39, 0.29) is 11.8 Å². The molecular weight excluding hydrogens is 184 g/mol. The van der Waals surface area contributed by atoms with Crippen molar-refractivity contribution in [3.63, 3.8) is 0 Å². The highest BCUT2D eigenvalue weighted by Crippen LogP contribution is 2.37. The van der Waals surface area contributed by atoms with Gasteiger partial charge in [-0.05, 0) is 18.8 Å². The predicted molar refractivity (Wildman–Crippen MR) is 47.0 cm³/mol. The third-order valence-electron chi connectivity index (χ3n) is 2.82. The zero-order chi connectivity index (χ0) is 10.1. The summed E-state index contributed by atoms with van der Waals surface area (Å²) in [7, 11) is 0. The fraction of sp³-hybridized carbons (Fsp3) is 0.667. The maximum Gasteiger partial charge on any atom is 0.394 e. The Morgan fingerprint density at radius 2 is 2.36 bits per heavy atom. The van der Waals surface area contributed by atoms with Crippen LogP contribution in [0, 0.1) is 5.92 Å². The second kappa shape index (κ2) is 3.40. The molecule has 2 atom stereocenters. The minimum Gasteiger partial charge on any atom is -0.474 e. The number of hydrogen-bond acceptors (Lipinski definition) is 4. The molecule has 5 heteroatoms. The van der Waals surface area contributed by atoms with Gasteiger partial charge in [-0.2, -0.15) is 4.98 Å². The molecule has 0 radical (unpaired) electrons. The summed E-state index contributed by atoms with van der Waals surface area (Å²) in [5, 5.41) is 12.3. The fourth-order valence-electron chi connectivity index (χ4n) is 2.00. The standard InChI is InChI=1S/C9H12N2O3/c1-5-3-2-4-6(5)7-10-8(9(12)13)14-11-7/h5-6H,2-4H2,1H3,(H,12,13). The Hall–Kier alpha value is -1.39. The van der Waals surface area contributed by atoms with Crippen molar-refractivity contribution in [2.45, 2.75) is 32.1 Å². The van der Waals surface area contributed by atoms with E-state index in [0.717, 1.165) is 19.3 Å². The summed E-state index contributed by atoms with van der Waals surface area (Å²) < 4.78 is 4.63. The molecule has 2 rings (SSSR count). The number of rotatable bonds is 2. The summed E-state index contributed by atoms with van der Waals surface area (Å²) >= 11 is 0. The molecule has 5 nitrogen and oxygen atoms in total. The number of hydrogen-bond donors (Lipinski definition) is 1. The van der Waals surface area contributed by atoms with E-state index in [1.807, 2.05) is 0 Å². The second-order valence-corrected chi connectivity index (χ2v) is 3.78. The fourth-order valence-corrected chi connectivity index (χ4v) is 2.00. The molecule has 1 aliphatic rings. The number of aromatic nitrogens is 2. The maximum atomic E-state index is 10.5. The number of carboxylic acids is 1. The van der Waals surface area contributed by atoms with E-state index in [9.17, 15) is 4.79 Å². The van der Waals surface area contributed by atoms with Crippen LogP contribution in [0.2, 0.25) is 0 Å². The van der Waals surface area contributed by atoms with Crippen molar-refractivity contribution in [2.75, 3.05) is 0 Å². The normalized spacial score (nSPS) is 26.6. The lowest BCUT2D eigenvalue weighted by Crippen LogP contribution is -2.05. The Balaban J connectivity index is 2.20. The van der Waals surface area contributed by atoms with Crippen LogP contribution in [0.3, 0.4) is 0 Å². The lowest BCUT2D eigenvalue weighted by Gasteiger charge is -2.08. The molecule has 2 unspecified atom stereocenters. The molecule has 0 spiro atoms. The molecule has 1 fully saturated rings. The van der Waals surface area contributed by atoms with E-state index >= 15 is 0 Å². The minimum atomic E-state index is -1.16. The molecule has 1 aromatic rings. The number of aromatic carboxylic acids is 1. The van der Waals surface area contributed by atoms with Crippen LogP contribution in [0.25, 0.3) is 0 Å². The average Bonchev–Trinajstić information content (AvgIpc) is 2.71. The molecule has 14 heavy (non-hydrogen) atoms. The zero-order valence-electron chi connectivity index (χ0n) is 7.93. The second-order valence-electron chi connectivity index (χ2n) is 3.78. The molecule has 76 valence electrons. The summed E-state index contributed by atoms with van der Waals surface area (Å²) in [5.41, 5.74) is 0. The van der Waals surface area contributed by atoms with Gasteiger partial charge in [0.1, 0.15) is 0 Å². The van der Waals surface area contributed by atoms with Gasteiger partial charge in [-0.3, -0.25) is 0 Å². The molecule has 0 amide bonds. The molecule has 1 N–H and O–H groups in total. The van der Waals surface area contributed by atoms with E-state index in [1.165, 1.54) is 0 Å². The number of carbonyl (C=O) groups is 1. The van der Waals surface area contributed by atoms with Crippen LogP contribution >= 0.6 is 0 Å². The van der Waals surface area contributed by atoms with E-state index in [2.05, 4.69) is 21.6 Å². The minimum absolute atomic E-state index is 0.270. The first kappa shape index (κ1) is 9.18. The first-order valence-electron chi connectivity index (χ1n) is 4.75. The summed E-state index contributed by atoms with van der Waals surface area (Å²) in [6.07, 6.45) is 3.34. The molecular formula is C9H12N2O3. The van der Waals surface area contributed by atoms with Gasteiger partial charge >= 0.3 is 11.9 Å². The van der Waals surface area contributed by atoms with Gasteiger partial charge in [0.15, 0.2) is 5.82 Å². The molecule has 0 aliphatic heterocycles. The van der Waals surface area contributed by atoms with Crippen molar-refractivity contribution in [3.8, 4) is 0 Å². The first-order chi connectivity index (χ1) is 6.68. The zero-order valence-corrected chi connectivity index (χ0v) is 7.93. The SMILES string of the molecule is CC1CCCC1c1noc(C(=O)O)n1. The van der Waals surface area contributed by atoms with Crippen LogP contribution in [0.4, 0.5) is 0 Å². The Kier molecular flexibility index (Phi) is 2.23. The van der Waals surface area contributed by atoms with Crippen LogP contribution in [0.15, 0.2) is 4.52 Å². The number of carboxylic acid groups (broad SMARTS) is 1. The van der Waals surface area contributed by atoms with E-state index in [0.29, 0.717) is 11.7 Å². The van der Waals surface area contributed by atoms with Crippen LogP contribution in [-0.2, 0) is 0 Å². The topological polar surface area (TPSA) is 76.2 Å². The molecule has 1 saturated carbocycles. The van der Waals surface area contributed by atoms with Crippen molar-refractivity contribution in [3.05, 3.63) is 11.7 Å². The van der Waals surface area contributed by atoms with Gasteiger partial charge in [-0.15, -0.1) is 0 Å². The lowest BCUT2D eigenvalue weighted by molar-refractivity contribution is 0.0643. The highest BCUT2D eigenvalue weighted by Gasteiger charge is 2.29. The Morgan fingerprint density at radius 3 is 2.86 bits per heavy atom. The van der Waals surface area contributed by atoms with Crippen LogP contribution in [-0.4, -0.2) is 21.2 Å². The van der Waals surface area contributed by atoms with Gasteiger partial charge in [-0.25, -0.2) is 4.79 Å². The molecule has 0 saturated heterocycles. The maximum absolute atomic E-state index is 10.5. The summed E-state index contributed by atoms with van der Waals surface area (Å²) in [6, 6.07) is 0. The monoisotopic (exact) mass is 196 g/mol. The van der Waals surface area contributed by atoms with Gasteiger partial charge in [-0.1, -0.05) is 18.5 Å². The highest BCUT2D eigenvalue weighted by atomic mass is 16.5. The molecule has 0 aromatic carbocycles. The van der Waals surface area contributed by atoms with Crippen molar-refractivity contribution < 1.29 is 14.4 Å². The Morgan fingerprint density at radius 1 is 1.57 bits per heavy atom. The van der Waals surface area contributed by atoms with Crippen LogP contribution in [0.1, 0.15) is 48.6 Å². The third-order valence-corrected chi connectivity index (χ3v) is 2.82. The van der Waals surface area contributed by atoms with Gasteiger partial charge in [0.2, 0.25) is 0 Å². The smallest absolute Gasteiger partial charge is 0.394 e. The quantitative estimate of drug-likeness (QED) is 0.778. The highest BCUT2D eigenvalue weighted by molar-refractivity contribution is 5.81. The van der Waals surface area contributed by atoms with Gasteiger partial charge in [0.05, 0.1) is 0 Å². The Bertz CT molecular complexity index is 348. The van der Waals surface area contributed by atoms with Gasteiger partial charge in [0, 0.05) is 5.92 Å². The molecule has 0 bridgehead atoms. The van der Waals surface area contributed by atoms with E-state index in [1.54, 1.807) is 0 Å². The largest absolute Gasteiger partial charge is 0.474 e. The average molecular weight is 196 g/mol. The lowest BCUT2D eigenvalue weighted by atomic mass is 9.98. The van der Waals surface area contributed by atoms with E-state index < -0.39 is 5.97 Å². The van der Waals surface area contributed by atoms with Gasteiger partial charge < -0.3 is 9.63 Å². The van der Waals surface area contributed by atoms with Gasteiger partial charge in [0.25, 0.3) is 0 Å². The Labute approximate surface area is 81.1 Å². The number of nitrogens with zero attached hydrogens (tertiary/aromatic N) is 2. The van der Waals surface area contributed by atoms with Crippen LogP contribution in [0.5, 0.6) is 0 Å². The van der Waals surface area contributed by atoms with Crippen molar-refractivity contribution in [1.29, 1.82) is 0 Å². The molecule has 1 heterocycles. The van der Waals surface area contributed by atoms with Crippen molar-refractivity contribution >= 4 is 5.97 Å². The molecule has 1 aliphatic carbocycles. The van der Waals surface area contributed by atoms with E-state index in [4.69, 9.17) is 5.11 Å².